The SMILES string of the molecule is CC1CN(Cc2ccc(C3=NOC(c4ccco4)N3)c3ccccc23)C1. The molecule has 2 aromatic carbocycles. The molecule has 5 heteroatoms. The third kappa shape index (κ3) is 2.65. The summed E-state index contributed by atoms with van der Waals surface area (Å²) in [6.07, 6.45) is 1.26. The summed E-state index contributed by atoms with van der Waals surface area (Å²) in [5.41, 5.74) is 2.41. The lowest BCUT2D eigenvalue weighted by molar-refractivity contribution is 0.0561. The minimum atomic E-state index is -0.374. The Morgan fingerprint density at radius 3 is 2.69 bits per heavy atom. The predicted molar refractivity (Wildman–Crippen MR) is 101 cm³/mol. The zero-order valence-corrected chi connectivity index (χ0v) is 14.7. The fraction of sp³-hybridized carbons (Fsp3) is 0.286. The first-order valence-corrected chi connectivity index (χ1v) is 9.05. The lowest BCUT2D eigenvalue weighted by Crippen LogP contribution is -2.44. The van der Waals surface area contributed by atoms with E-state index in [-0.39, 0.29) is 6.23 Å². The smallest absolute Gasteiger partial charge is 0.257 e. The maximum atomic E-state index is 5.52. The second kappa shape index (κ2) is 6.18. The van der Waals surface area contributed by atoms with Crippen molar-refractivity contribution in [3.8, 4) is 0 Å². The number of likely N-dealkylation sites (tertiary alicyclic amines) is 1. The zero-order valence-electron chi connectivity index (χ0n) is 14.7. The minimum Gasteiger partial charge on any atom is -0.463 e. The van der Waals surface area contributed by atoms with Crippen LogP contribution < -0.4 is 5.32 Å². The number of rotatable bonds is 4. The van der Waals surface area contributed by atoms with E-state index in [1.54, 1.807) is 6.26 Å². The number of hydrogen-bond donors (Lipinski definition) is 1. The van der Waals surface area contributed by atoms with Gasteiger partial charge in [0.25, 0.3) is 6.23 Å². The maximum absolute atomic E-state index is 5.52. The molecule has 1 saturated heterocycles. The van der Waals surface area contributed by atoms with Gasteiger partial charge in [0.05, 0.1) is 6.26 Å². The van der Waals surface area contributed by atoms with Gasteiger partial charge in [-0.1, -0.05) is 48.5 Å². The van der Waals surface area contributed by atoms with Crippen LogP contribution in [0.25, 0.3) is 10.8 Å². The molecule has 5 nitrogen and oxygen atoms in total. The van der Waals surface area contributed by atoms with Gasteiger partial charge in [0.15, 0.2) is 11.6 Å². The van der Waals surface area contributed by atoms with Crippen LogP contribution >= 0.6 is 0 Å². The normalized spacial score (nSPS) is 20.5. The molecule has 0 radical (unpaired) electrons. The summed E-state index contributed by atoms with van der Waals surface area (Å²) in [5, 5.41) is 10.0. The van der Waals surface area contributed by atoms with Crippen molar-refractivity contribution >= 4 is 16.6 Å². The van der Waals surface area contributed by atoms with Gasteiger partial charge in [-0.2, -0.15) is 0 Å². The van der Waals surface area contributed by atoms with Crippen LogP contribution in [0.3, 0.4) is 0 Å². The Morgan fingerprint density at radius 2 is 1.92 bits per heavy atom. The van der Waals surface area contributed by atoms with Gasteiger partial charge in [-0.15, -0.1) is 0 Å². The van der Waals surface area contributed by atoms with Crippen LogP contribution in [-0.2, 0) is 11.4 Å². The molecule has 1 N–H and O–H groups in total. The van der Waals surface area contributed by atoms with Crippen molar-refractivity contribution in [1.29, 1.82) is 0 Å². The first-order valence-electron chi connectivity index (χ1n) is 9.05. The number of amidine groups is 1. The molecule has 0 bridgehead atoms. The Kier molecular flexibility index (Phi) is 3.68. The van der Waals surface area contributed by atoms with Crippen LogP contribution in [0.2, 0.25) is 0 Å². The van der Waals surface area contributed by atoms with E-state index in [2.05, 4.69) is 58.7 Å². The number of benzene rings is 2. The van der Waals surface area contributed by atoms with E-state index in [1.165, 1.54) is 29.4 Å². The van der Waals surface area contributed by atoms with E-state index in [4.69, 9.17) is 9.25 Å². The second-order valence-electron chi connectivity index (χ2n) is 7.20. The fourth-order valence-corrected chi connectivity index (χ4v) is 3.88. The van der Waals surface area contributed by atoms with Crippen molar-refractivity contribution in [2.45, 2.75) is 19.7 Å². The van der Waals surface area contributed by atoms with Crippen LogP contribution in [0.4, 0.5) is 0 Å². The van der Waals surface area contributed by atoms with Gasteiger partial charge >= 0.3 is 0 Å². The second-order valence-corrected chi connectivity index (χ2v) is 7.20. The molecule has 0 amide bonds. The summed E-state index contributed by atoms with van der Waals surface area (Å²) in [6.45, 7) is 5.67. The largest absolute Gasteiger partial charge is 0.463 e. The van der Waals surface area contributed by atoms with Crippen molar-refractivity contribution in [2.24, 2.45) is 11.1 Å². The Hall–Kier alpha value is -2.79. The molecular weight excluding hydrogens is 326 g/mol. The molecule has 3 heterocycles. The highest BCUT2D eigenvalue weighted by Gasteiger charge is 2.27. The van der Waals surface area contributed by atoms with Gasteiger partial charge < -0.3 is 14.6 Å². The number of hydrogen-bond acceptors (Lipinski definition) is 5. The third-order valence-electron chi connectivity index (χ3n) is 5.12. The molecule has 2 aliphatic heterocycles. The van der Waals surface area contributed by atoms with Crippen molar-refractivity contribution < 1.29 is 9.25 Å². The van der Waals surface area contributed by atoms with Crippen molar-refractivity contribution in [1.82, 2.24) is 10.2 Å². The summed E-state index contributed by atoms with van der Waals surface area (Å²) in [7, 11) is 0. The lowest BCUT2D eigenvalue weighted by Gasteiger charge is -2.37. The van der Waals surface area contributed by atoms with E-state index in [0.717, 1.165) is 29.6 Å². The molecule has 1 aromatic heterocycles. The lowest BCUT2D eigenvalue weighted by atomic mass is 9.96. The van der Waals surface area contributed by atoms with E-state index >= 15 is 0 Å². The first-order chi connectivity index (χ1) is 12.8. The van der Waals surface area contributed by atoms with Gasteiger partial charge in [-0.3, -0.25) is 4.90 Å². The molecular formula is C21H21N3O2. The highest BCUT2D eigenvalue weighted by Crippen LogP contribution is 2.29. The fourth-order valence-electron chi connectivity index (χ4n) is 3.88. The predicted octanol–water partition coefficient (Wildman–Crippen LogP) is 3.86. The summed E-state index contributed by atoms with van der Waals surface area (Å²) < 4.78 is 5.41. The quantitative estimate of drug-likeness (QED) is 0.778. The summed E-state index contributed by atoms with van der Waals surface area (Å²) in [6, 6.07) is 16.6. The minimum absolute atomic E-state index is 0.374. The summed E-state index contributed by atoms with van der Waals surface area (Å²) in [4.78, 5) is 8.01. The van der Waals surface area contributed by atoms with E-state index < -0.39 is 0 Å². The van der Waals surface area contributed by atoms with Crippen LogP contribution in [0.5, 0.6) is 0 Å². The number of fused-ring (bicyclic) bond motifs is 1. The van der Waals surface area contributed by atoms with Crippen molar-refractivity contribution in [3.63, 3.8) is 0 Å². The van der Waals surface area contributed by atoms with Gasteiger partial charge in [0, 0.05) is 25.2 Å². The van der Waals surface area contributed by atoms with Gasteiger partial charge in [-0.05, 0) is 34.4 Å². The average Bonchev–Trinajstić information content (AvgIpc) is 3.32. The molecule has 1 unspecified atom stereocenters. The number of nitrogens with zero attached hydrogens (tertiary/aromatic N) is 2. The first kappa shape index (κ1) is 15.5. The molecule has 1 atom stereocenters. The number of nitrogens with one attached hydrogen (secondary N) is 1. The van der Waals surface area contributed by atoms with Crippen LogP contribution in [-0.4, -0.2) is 23.8 Å². The molecule has 5 rings (SSSR count). The van der Waals surface area contributed by atoms with Gasteiger partial charge in [0.1, 0.15) is 0 Å². The highest BCUT2D eigenvalue weighted by molar-refractivity contribution is 6.10. The molecule has 26 heavy (non-hydrogen) atoms. The van der Waals surface area contributed by atoms with Crippen molar-refractivity contribution in [2.75, 3.05) is 13.1 Å². The summed E-state index contributed by atoms with van der Waals surface area (Å²) >= 11 is 0. The van der Waals surface area contributed by atoms with Gasteiger partial charge in [-0.25, -0.2) is 0 Å². The Labute approximate surface area is 152 Å². The molecule has 2 aliphatic rings. The number of furan rings is 1. The summed E-state index contributed by atoms with van der Waals surface area (Å²) in [5.74, 6) is 2.27. The molecule has 132 valence electrons. The molecule has 1 fully saturated rings. The van der Waals surface area contributed by atoms with E-state index in [0.29, 0.717) is 0 Å². The molecule has 0 spiro atoms. The molecule has 3 aromatic rings. The highest BCUT2D eigenvalue weighted by atomic mass is 16.7. The van der Waals surface area contributed by atoms with Crippen LogP contribution in [0.1, 0.15) is 30.0 Å². The standard InChI is InChI=1S/C21H21N3O2/c1-14-11-24(12-14)13-15-8-9-18(17-6-3-2-5-16(15)17)20-22-21(26-23-20)19-7-4-10-25-19/h2-10,14,21H,11-13H2,1H3,(H,22,23). The third-order valence-corrected chi connectivity index (χ3v) is 5.12. The zero-order chi connectivity index (χ0) is 17.5. The monoisotopic (exact) mass is 347 g/mol. The molecule has 0 aliphatic carbocycles. The Balaban J connectivity index is 1.46. The van der Waals surface area contributed by atoms with E-state index in [9.17, 15) is 0 Å². The van der Waals surface area contributed by atoms with E-state index in [1.807, 2.05) is 12.1 Å². The van der Waals surface area contributed by atoms with Crippen LogP contribution in [0.15, 0.2) is 64.4 Å². The maximum Gasteiger partial charge on any atom is 0.257 e. The Bertz CT molecular complexity index is 959. The average molecular weight is 347 g/mol. The molecule has 0 saturated carbocycles. The van der Waals surface area contributed by atoms with Crippen LogP contribution in [0, 0.1) is 5.92 Å². The number of oxime groups is 1. The Morgan fingerprint density at radius 1 is 1.08 bits per heavy atom. The van der Waals surface area contributed by atoms with Gasteiger partial charge in [0.2, 0.25) is 0 Å². The van der Waals surface area contributed by atoms with Crippen molar-refractivity contribution in [3.05, 3.63) is 71.7 Å². The topological polar surface area (TPSA) is 50.0 Å².